The van der Waals surface area contributed by atoms with Crippen LogP contribution < -0.4 is 15.3 Å². The summed E-state index contributed by atoms with van der Waals surface area (Å²) in [5.41, 5.74) is 0. The molecule has 230 valence electrons. The average Bonchev–Trinajstić information content (AvgIpc) is 3.51. The molecule has 0 saturated heterocycles. The summed E-state index contributed by atoms with van der Waals surface area (Å²) in [5, 5.41) is 0. The fourth-order valence-corrected chi connectivity index (χ4v) is 16.0. The molecule has 0 aromatic carbocycles. The average molecular weight is 816 g/mol. The molecule has 0 bridgehead atoms. The molecular weight excluding hydrogens is 766 g/mol. The summed E-state index contributed by atoms with van der Waals surface area (Å²) in [7, 11) is 3.34. The van der Waals surface area contributed by atoms with Crippen LogP contribution in [0.4, 0.5) is 0 Å². The molecule has 2 heterocycles. The van der Waals surface area contributed by atoms with Crippen molar-refractivity contribution in [1.29, 1.82) is 0 Å². The third-order valence-electron chi connectivity index (χ3n) is 5.66. The Labute approximate surface area is 257 Å². The third kappa shape index (κ3) is 13.8. The predicted molar refractivity (Wildman–Crippen MR) is 172 cm³/mol. The van der Waals surface area contributed by atoms with Gasteiger partial charge in [-0.25, -0.2) is 0 Å². The first-order chi connectivity index (χ1) is 19.1. The van der Waals surface area contributed by atoms with E-state index in [0.29, 0.717) is 79.3 Å². The van der Waals surface area contributed by atoms with Crippen molar-refractivity contribution in [1.82, 2.24) is 0 Å². The zero-order chi connectivity index (χ0) is 29.4. The Kier molecular flexibility index (Phi) is 17.9. The second kappa shape index (κ2) is 19.6. The van der Waals surface area contributed by atoms with Gasteiger partial charge in [0.25, 0.3) is 0 Å². The first-order valence-corrected chi connectivity index (χ1v) is 35.5. The van der Waals surface area contributed by atoms with Crippen molar-refractivity contribution < 1.29 is 37.9 Å². The molecule has 0 fully saturated rings. The molecule has 0 amide bonds. The molecule has 8 nitrogen and oxygen atoms in total. The Balaban J connectivity index is 2.06. The van der Waals surface area contributed by atoms with Gasteiger partial charge in [-0.2, -0.15) is 0 Å². The molecule has 0 aliphatic carbocycles. The Hall–Kier alpha value is 0.357. The quantitative estimate of drug-likeness (QED) is 0.118. The molecule has 2 aromatic heterocycles. The van der Waals surface area contributed by atoms with E-state index in [1.807, 2.05) is 22.7 Å². The summed E-state index contributed by atoms with van der Waals surface area (Å²) < 4.78 is 48.0. The van der Waals surface area contributed by atoms with Crippen molar-refractivity contribution in [2.45, 2.75) is 29.6 Å². The summed E-state index contributed by atoms with van der Waals surface area (Å²) >= 11 is -0.887. The van der Waals surface area contributed by atoms with E-state index in [-0.39, 0.29) is 0 Å². The van der Waals surface area contributed by atoms with Gasteiger partial charge in [-0.15, -0.1) is 0 Å². The molecule has 0 atom stereocenters. The Morgan fingerprint density at radius 3 is 1.07 bits per heavy atom. The monoisotopic (exact) mass is 818 g/mol. The number of rotatable bonds is 23. The van der Waals surface area contributed by atoms with E-state index in [1.54, 1.807) is 14.2 Å². The zero-order valence-corrected chi connectivity index (χ0v) is 33.1. The molecule has 2 rings (SSSR count). The van der Waals surface area contributed by atoms with E-state index in [4.69, 9.17) is 37.9 Å². The van der Waals surface area contributed by atoms with Crippen LogP contribution in [0.15, 0.2) is 12.1 Å². The maximum absolute atomic E-state index is 6.34. The van der Waals surface area contributed by atoms with Gasteiger partial charge >= 0.3 is 236 Å². The van der Waals surface area contributed by atoms with Gasteiger partial charge in [0, 0.05) is 14.2 Å². The third-order valence-corrected chi connectivity index (χ3v) is 26.9. The van der Waals surface area contributed by atoms with Crippen LogP contribution >= 0.6 is 22.7 Å². The van der Waals surface area contributed by atoms with Gasteiger partial charge < -0.3 is 9.47 Å². The molecule has 0 unspecified atom stereocenters. The number of hydrogen-bond acceptors (Lipinski definition) is 10. The van der Waals surface area contributed by atoms with E-state index >= 15 is 0 Å². The van der Waals surface area contributed by atoms with Crippen molar-refractivity contribution in [3.63, 3.8) is 0 Å². The minimum Gasteiger partial charge on any atom is -0.382 e. The summed E-state index contributed by atoms with van der Waals surface area (Å²) in [4.78, 5) is 17.0. The van der Waals surface area contributed by atoms with E-state index in [0.717, 1.165) is 11.5 Å². The van der Waals surface area contributed by atoms with Crippen LogP contribution in [0.1, 0.15) is 0 Å². The van der Waals surface area contributed by atoms with E-state index in [9.17, 15) is 0 Å². The minimum atomic E-state index is -2.33. The van der Waals surface area contributed by atoms with Crippen molar-refractivity contribution in [2.24, 2.45) is 0 Å². The maximum atomic E-state index is 6.34. The van der Waals surface area contributed by atoms with Gasteiger partial charge in [0.2, 0.25) is 0 Å². The number of hydrogen-bond donors (Lipinski definition) is 0. The van der Waals surface area contributed by atoms with Crippen molar-refractivity contribution in [3.05, 3.63) is 12.1 Å². The Bertz CT molecular complexity index is 877. The standard InChI is InChI=1S/C22H32O8S2.6CH3.2Sn/c1-23-5-7-25-9-11-27-13-15-29-19-3-17-31-21(19)22-20(4-18-32-22)30-16-14-28-12-10-26-8-6-24-2;;;;;;;;/h3-4H,5-16H2,1-2H3;6*1H3;;. The van der Waals surface area contributed by atoms with E-state index in [1.165, 1.54) is 15.5 Å². The van der Waals surface area contributed by atoms with Gasteiger partial charge in [-0.1, -0.05) is 0 Å². The molecule has 0 aliphatic heterocycles. The molecule has 0 N–H and O–H groups in total. The molecule has 0 saturated carbocycles. The van der Waals surface area contributed by atoms with Crippen LogP contribution in [0.2, 0.25) is 29.6 Å². The van der Waals surface area contributed by atoms with Crippen LogP contribution in [0.25, 0.3) is 9.75 Å². The summed E-state index contributed by atoms with van der Waals surface area (Å²) in [6, 6.07) is 4.56. The Morgan fingerprint density at radius 1 is 0.475 bits per heavy atom. The van der Waals surface area contributed by atoms with Gasteiger partial charge in [0.1, 0.15) is 0 Å². The van der Waals surface area contributed by atoms with Gasteiger partial charge in [0.05, 0.1) is 0 Å². The molecule has 0 spiro atoms. The van der Waals surface area contributed by atoms with E-state index < -0.39 is 36.8 Å². The van der Waals surface area contributed by atoms with Gasteiger partial charge in [-0.05, 0) is 0 Å². The number of methoxy groups -OCH3 is 2. The van der Waals surface area contributed by atoms with Crippen molar-refractivity contribution >= 4 is 65.2 Å². The Morgan fingerprint density at radius 2 is 0.775 bits per heavy atom. The van der Waals surface area contributed by atoms with E-state index in [2.05, 4.69) is 41.8 Å². The SMILES string of the molecule is COCCOCCOCCOc1c[c]([Sn]([CH3])([CH3])[CH3])sc1-c1s[c]([Sn]([CH3])([CH3])[CH3])cc1OCCOCCOCCOC. The zero-order valence-electron chi connectivity index (χ0n) is 25.7. The summed E-state index contributed by atoms with van der Waals surface area (Å²) in [6.07, 6.45) is 0. The molecule has 12 heteroatoms. The van der Waals surface area contributed by atoms with Crippen LogP contribution in [0.5, 0.6) is 11.5 Å². The van der Waals surface area contributed by atoms with Crippen LogP contribution in [-0.2, 0) is 28.4 Å². The molecule has 2 aromatic rings. The molecule has 0 aliphatic rings. The smallest absolute Gasteiger partial charge is 0.382 e. The first kappa shape index (κ1) is 36.5. The molecular formula is C28H50O8S2Sn2. The normalized spacial score (nSPS) is 12.3. The number of thiophene rings is 2. The first-order valence-electron chi connectivity index (χ1n) is 13.9. The minimum absolute atomic E-state index is 0.494. The second-order valence-corrected chi connectivity index (χ2v) is 44.2. The van der Waals surface area contributed by atoms with Crippen molar-refractivity contribution in [3.8, 4) is 21.3 Å². The fraction of sp³-hybridized carbons (Fsp3) is 0.714. The predicted octanol–water partition coefficient (Wildman–Crippen LogP) is 4.68. The summed E-state index contributed by atoms with van der Waals surface area (Å²) in [6.45, 7) is 6.56. The van der Waals surface area contributed by atoms with Crippen LogP contribution in [-0.4, -0.2) is 130 Å². The second-order valence-electron chi connectivity index (χ2n) is 11.2. The van der Waals surface area contributed by atoms with Crippen LogP contribution in [0.3, 0.4) is 0 Å². The molecule has 0 radical (unpaired) electrons. The fourth-order valence-electron chi connectivity index (χ4n) is 3.37. The summed E-state index contributed by atoms with van der Waals surface area (Å²) in [5.74, 6) is 1.89. The van der Waals surface area contributed by atoms with Crippen molar-refractivity contribution in [2.75, 3.05) is 93.5 Å². The molecule has 40 heavy (non-hydrogen) atoms. The van der Waals surface area contributed by atoms with Gasteiger partial charge in [-0.3, -0.25) is 0 Å². The number of ether oxygens (including phenoxy) is 8. The topological polar surface area (TPSA) is 73.8 Å². The van der Waals surface area contributed by atoms with Crippen LogP contribution in [0, 0.1) is 0 Å². The van der Waals surface area contributed by atoms with Gasteiger partial charge in [0.15, 0.2) is 0 Å².